The summed E-state index contributed by atoms with van der Waals surface area (Å²) in [7, 11) is 3.29. The third-order valence-corrected chi connectivity index (χ3v) is 4.11. The number of fused-ring (bicyclic) bond motifs is 1. The lowest BCUT2D eigenvalue weighted by atomic mass is 10.1. The van der Waals surface area contributed by atoms with Crippen molar-refractivity contribution in [1.82, 2.24) is 9.30 Å². The van der Waals surface area contributed by atoms with Crippen molar-refractivity contribution in [1.29, 1.82) is 5.26 Å². The van der Waals surface area contributed by atoms with Gasteiger partial charge in [-0.1, -0.05) is 6.07 Å². The molecule has 6 nitrogen and oxygen atoms in total. The van der Waals surface area contributed by atoms with E-state index in [-0.39, 0.29) is 0 Å². The molecule has 0 bridgehead atoms. The first kappa shape index (κ1) is 16.8. The predicted octanol–water partition coefficient (Wildman–Crippen LogP) is 3.13. The second-order valence-electron chi connectivity index (χ2n) is 5.98. The highest BCUT2D eigenvalue weighted by molar-refractivity contribution is 5.90. The lowest BCUT2D eigenvalue weighted by Crippen LogP contribution is -2.17. The van der Waals surface area contributed by atoms with E-state index in [1.807, 2.05) is 46.9 Å². The van der Waals surface area contributed by atoms with Gasteiger partial charge < -0.3 is 13.6 Å². The quantitative estimate of drug-likeness (QED) is 0.669. The summed E-state index contributed by atoms with van der Waals surface area (Å²) >= 11 is 0. The van der Waals surface area contributed by atoms with Gasteiger partial charge in [0.25, 0.3) is 0 Å². The highest BCUT2D eigenvalue weighted by Crippen LogP contribution is 2.21. The Morgan fingerprint density at radius 3 is 2.92 bits per heavy atom. The molecule has 0 N–H and O–H groups in total. The Morgan fingerprint density at radius 1 is 1.40 bits per heavy atom. The minimum atomic E-state index is -0.402. The molecule has 0 aliphatic carbocycles. The average molecular weight is 337 g/mol. The van der Waals surface area contributed by atoms with E-state index in [1.54, 1.807) is 13.0 Å². The molecule has 0 amide bonds. The van der Waals surface area contributed by atoms with Gasteiger partial charge in [-0.25, -0.2) is 4.79 Å². The highest BCUT2D eigenvalue weighted by Gasteiger charge is 2.17. The number of hydrogen-bond acceptors (Lipinski definition) is 5. The molecule has 0 atom stereocenters. The molecule has 3 rings (SSSR count). The Morgan fingerprint density at radius 2 is 2.20 bits per heavy atom. The van der Waals surface area contributed by atoms with E-state index in [4.69, 9.17) is 9.15 Å². The Balaban J connectivity index is 1.78. The molecule has 0 aliphatic heterocycles. The van der Waals surface area contributed by atoms with E-state index in [2.05, 4.69) is 6.07 Å². The van der Waals surface area contributed by atoms with Crippen LogP contribution in [-0.4, -0.2) is 29.4 Å². The summed E-state index contributed by atoms with van der Waals surface area (Å²) < 4.78 is 12.3. The van der Waals surface area contributed by atoms with Crippen LogP contribution >= 0.6 is 0 Å². The van der Waals surface area contributed by atoms with Crippen molar-refractivity contribution in [2.75, 3.05) is 14.2 Å². The maximum absolute atomic E-state index is 11.7. The number of hydrogen-bond donors (Lipinski definition) is 0. The zero-order chi connectivity index (χ0) is 18.0. The number of pyridine rings is 1. The summed E-state index contributed by atoms with van der Waals surface area (Å²) in [6, 6.07) is 9.78. The first-order valence-corrected chi connectivity index (χ1v) is 7.88. The van der Waals surface area contributed by atoms with Crippen LogP contribution in [-0.2, 0) is 17.8 Å². The van der Waals surface area contributed by atoms with Crippen molar-refractivity contribution in [3.8, 4) is 6.07 Å². The van der Waals surface area contributed by atoms with Gasteiger partial charge in [-0.3, -0.25) is 4.90 Å². The third-order valence-electron chi connectivity index (χ3n) is 4.11. The van der Waals surface area contributed by atoms with E-state index >= 15 is 0 Å². The van der Waals surface area contributed by atoms with Crippen LogP contribution in [0.5, 0.6) is 0 Å². The van der Waals surface area contributed by atoms with Gasteiger partial charge in [0.05, 0.1) is 24.7 Å². The topological polar surface area (TPSA) is 70.9 Å². The number of methoxy groups -OCH3 is 1. The third kappa shape index (κ3) is 3.28. The maximum atomic E-state index is 11.7. The molecule has 0 aliphatic rings. The van der Waals surface area contributed by atoms with Crippen LogP contribution < -0.4 is 0 Å². The van der Waals surface area contributed by atoms with Crippen molar-refractivity contribution in [3.05, 3.63) is 64.9 Å². The predicted molar refractivity (Wildman–Crippen MR) is 92.1 cm³/mol. The minimum Gasteiger partial charge on any atom is -0.465 e. The molecule has 0 radical (unpaired) electrons. The second-order valence-corrected chi connectivity index (χ2v) is 5.98. The van der Waals surface area contributed by atoms with Gasteiger partial charge in [0.1, 0.15) is 23.2 Å². The zero-order valence-corrected chi connectivity index (χ0v) is 14.4. The number of aryl methyl sites for hydroxylation is 1. The summed E-state index contributed by atoms with van der Waals surface area (Å²) in [5, 5.41) is 9.48. The summed E-state index contributed by atoms with van der Waals surface area (Å²) in [6.07, 6.45) is 3.90. The van der Waals surface area contributed by atoms with Gasteiger partial charge in [0, 0.05) is 24.5 Å². The molecule has 0 saturated carbocycles. The summed E-state index contributed by atoms with van der Waals surface area (Å²) in [5.74, 6) is 0.825. The Hall–Kier alpha value is -3.04. The molecule has 6 heteroatoms. The van der Waals surface area contributed by atoms with Crippen molar-refractivity contribution in [3.63, 3.8) is 0 Å². The van der Waals surface area contributed by atoms with Crippen molar-refractivity contribution in [2.24, 2.45) is 0 Å². The molecule has 0 spiro atoms. The molecular weight excluding hydrogens is 318 g/mol. The van der Waals surface area contributed by atoms with Crippen LogP contribution in [0.15, 0.2) is 41.1 Å². The number of nitriles is 1. The Bertz CT molecular complexity index is 962. The molecule has 3 aromatic rings. The molecule has 3 aromatic heterocycles. The SMILES string of the molecule is COC(=O)c1cc(CN(C)Cc2cn3ccccc3c2C#N)oc1C. The van der Waals surface area contributed by atoms with E-state index in [1.165, 1.54) is 7.11 Å². The maximum Gasteiger partial charge on any atom is 0.341 e. The van der Waals surface area contributed by atoms with Gasteiger partial charge in [0.15, 0.2) is 0 Å². The fourth-order valence-electron chi connectivity index (χ4n) is 2.97. The average Bonchev–Trinajstić information content (AvgIpc) is 3.13. The van der Waals surface area contributed by atoms with Gasteiger partial charge in [-0.2, -0.15) is 5.26 Å². The van der Waals surface area contributed by atoms with E-state index in [0.717, 1.165) is 11.1 Å². The minimum absolute atomic E-state index is 0.402. The number of carbonyl (C=O) groups excluding carboxylic acids is 1. The van der Waals surface area contributed by atoms with Crippen molar-refractivity contribution in [2.45, 2.75) is 20.0 Å². The molecule has 128 valence electrons. The van der Waals surface area contributed by atoms with Crippen molar-refractivity contribution >= 4 is 11.5 Å². The monoisotopic (exact) mass is 337 g/mol. The molecule has 0 unspecified atom stereocenters. The fraction of sp³-hybridized carbons (Fsp3) is 0.263. The number of ether oxygens (including phenoxy) is 1. The smallest absolute Gasteiger partial charge is 0.341 e. The highest BCUT2D eigenvalue weighted by atomic mass is 16.5. The molecule has 0 aromatic carbocycles. The summed E-state index contributed by atoms with van der Waals surface area (Å²) in [6.45, 7) is 2.86. The van der Waals surface area contributed by atoms with E-state index in [0.29, 0.717) is 35.7 Å². The molecular formula is C19H19N3O3. The van der Waals surface area contributed by atoms with Crippen LogP contribution in [0.2, 0.25) is 0 Å². The number of carbonyl (C=O) groups is 1. The van der Waals surface area contributed by atoms with Crippen LogP contribution in [0, 0.1) is 18.3 Å². The second kappa shape index (κ2) is 6.83. The lowest BCUT2D eigenvalue weighted by Gasteiger charge is -2.14. The first-order chi connectivity index (χ1) is 12.0. The number of nitrogens with zero attached hydrogens (tertiary/aromatic N) is 3. The standard InChI is InChI=1S/C19H19N3O3/c1-13-16(19(23)24-3)8-15(25-13)12-21(2)10-14-11-22-7-5-4-6-18(22)17(14)9-20/h4-8,11H,10,12H2,1-3H3. The normalized spacial score (nSPS) is 11.0. The van der Waals surface area contributed by atoms with E-state index < -0.39 is 5.97 Å². The number of furan rings is 1. The number of aromatic nitrogens is 1. The van der Waals surface area contributed by atoms with Crippen LogP contribution in [0.3, 0.4) is 0 Å². The molecule has 3 heterocycles. The Labute approximate surface area is 145 Å². The lowest BCUT2D eigenvalue weighted by molar-refractivity contribution is 0.0599. The van der Waals surface area contributed by atoms with Crippen LogP contribution in [0.4, 0.5) is 0 Å². The van der Waals surface area contributed by atoms with Crippen LogP contribution in [0.1, 0.15) is 33.0 Å². The first-order valence-electron chi connectivity index (χ1n) is 7.88. The van der Waals surface area contributed by atoms with E-state index in [9.17, 15) is 10.1 Å². The zero-order valence-electron chi connectivity index (χ0n) is 14.4. The molecule has 0 fully saturated rings. The largest absolute Gasteiger partial charge is 0.465 e. The number of rotatable bonds is 5. The van der Waals surface area contributed by atoms with Gasteiger partial charge in [0.2, 0.25) is 0 Å². The molecule has 25 heavy (non-hydrogen) atoms. The summed E-state index contributed by atoms with van der Waals surface area (Å²) in [5.41, 5.74) is 2.97. The summed E-state index contributed by atoms with van der Waals surface area (Å²) in [4.78, 5) is 13.7. The van der Waals surface area contributed by atoms with Gasteiger partial charge >= 0.3 is 5.97 Å². The van der Waals surface area contributed by atoms with Gasteiger partial charge in [-0.05, 0) is 32.2 Å². The van der Waals surface area contributed by atoms with Gasteiger partial charge in [-0.15, -0.1) is 0 Å². The fourth-order valence-corrected chi connectivity index (χ4v) is 2.97. The van der Waals surface area contributed by atoms with Crippen molar-refractivity contribution < 1.29 is 13.9 Å². The van der Waals surface area contributed by atoms with Crippen LogP contribution in [0.25, 0.3) is 5.52 Å². The number of esters is 1. The Kier molecular flexibility index (Phi) is 4.59. The molecule has 0 saturated heterocycles.